The molecule has 0 bridgehead atoms. The highest BCUT2D eigenvalue weighted by Crippen LogP contribution is 2.17. The van der Waals surface area contributed by atoms with Gasteiger partial charge in [-0.3, -0.25) is 9.59 Å². The van der Waals surface area contributed by atoms with Crippen LogP contribution in [-0.4, -0.2) is 57.9 Å². The molecule has 32 heavy (non-hydrogen) atoms. The van der Waals surface area contributed by atoms with Crippen molar-refractivity contribution < 1.29 is 18.7 Å². The molecule has 0 atom stereocenters. The number of aromatic nitrogens is 3. The quantitative estimate of drug-likeness (QED) is 0.663. The maximum atomic E-state index is 13.5. The second kappa shape index (κ2) is 9.17. The number of benzene rings is 2. The van der Waals surface area contributed by atoms with Crippen molar-refractivity contribution in [2.24, 2.45) is 0 Å². The largest absolute Gasteiger partial charge is 0.497 e. The molecule has 0 unspecified atom stereocenters. The minimum absolute atomic E-state index is 0.0179. The number of carbonyl (C=O) groups excluding carboxylic acids is 2. The Hall–Kier alpha value is -3.75. The first-order chi connectivity index (χ1) is 15.4. The topological polar surface area (TPSA) is 89.4 Å². The molecule has 0 spiro atoms. The molecule has 8 nitrogen and oxygen atoms in total. The van der Waals surface area contributed by atoms with Gasteiger partial charge in [-0.25, -0.2) is 9.07 Å². The summed E-state index contributed by atoms with van der Waals surface area (Å²) in [6.07, 6.45) is 2.84. The minimum atomic E-state index is -0.300. The highest BCUT2D eigenvalue weighted by Gasteiger charge is 2.26. The number of likely N-dealkylation sites (tertiary alicyclic amines) is 1. The number of carbonyl (C=O) groups is 2. The summed E-state index contributed by atoms with van der Waals surface area (Å²) >= 11 is 0. The third-order valence-electron chi connectivity index (χ3n) is 5.57. The van der Waals surface area contributed by atoms with Crippen LogP contribution in [0.25, 0.3) is 5.69 Å². The van der Waals surface area contributed by atoms with Crippen molar-refractivity contribution in [2.75, 3.05) is 20.2 Å². The number of nitrogens with one attached hydrogen (secondary N) is 1. The second-order valence-corrected chi connectivity index (χ2v) is 7.75. The molecular formula is C23H24FN5O3. The van der Waals surface area contributed by atoms with E-state index < -0.39 is 0 Å². The first-order valence-corrected chi connectivity index (χ1v) is 10.4. The van der Waals surface area contributed by atoms with Gasteiger partial charge in [-0.15, -0.1) is 5.10 Å². The number of ether oxygens (including phenoxy) is 1. The van der Waals surface area contributed by atoms with Gasteiger partial charge in [0.1, 0.15) is 11.6 Å². The number of aryl methyl sites for hydroxylation is 1. The Morgan fingerprint density at radius 1 is 1.16 bits per heavy atom. The van der Waals surface area contributed by atoms with E-state index in [1.807, 2.05) is 0 Å². The molecule has 1 aliphatic rings. The summed E-state index contributed by atoms with van der Waals surface area (Å²) in [6, 6.07) is 11.6. The Morgan fingerprint density at radius 2 is 1.94 bits per heavy atom. The number of nitrogens with zero attached hydrogens (tertiary/aromatic N) is 4. The van der Waals surface area contributed by atoms with Gasteiger partial charge in [0.2, 0.25) is 0 Å². The summed E-state index contributed by atoms with van der Waals surface area (Å²) in [5.74, 6) is -0.0488. The molecule has 2 heterocycles. The molecule has 1 N–H and O–H groups in total. The lowest BCUT2D eigenvalue weighted by Gasteiger charge is -2.31. The third kappa shape index (κ3) is 4.61. The van der Waals surface area contributed by atoms with Crippen LogP contribution in [0, 0.1) is 12.7 Å². The van der Waals surface area contributed by atoms with Crippen LogP contribution in [0.1, 0.15) is 39.3 Å². The Kier molecular flexibility index (Phi) is 6.16. The lowest BCUT2D eigenvalue weighted by molar-refractivity contribution is 0.0692. The zero-order valence-electron chi connectivity index (χ0n) is 17.9. The van der Waals surface area contributed by atoms with E-state index in [1.54, 1.807) is 61.5 Å². The fourth-order valence-corrected chi connectivity index (χ4v) is 3.68. The van der Waals surface area contributed by atoms with Crippen LogP contribution >= 0.6 is 0 Å². The van der Waals surface area contributed by atoms with Crippen molar-refractivity contribution >= 4 is 11.8 Å². The van der Waals surface area contributed by atoms with Crippen molar-refractivity contribution in [3.05, 3.63) is 71.3 Å². The molecule has 4 rings (SSSR count). The number of methoxy groups -OCH3 is 1. The van der Waals surface area contributed by atoms with Gasteiger partial charge >= 0.3 is 0 Å². The first kappa shape index (κ1) is 21.5. The maximum Gasteiger partial charge on any atom is 0.276 e. The second-order valence-electron chi connectivity index (χ2n) is 7.75. The Morgan fingerprint density at radius 3 is 2.66 bits per heavy atom. The average Bonchev–Trinajstić information content (AvgIpc) is 3.31. The molecule has 1 aliphatic heterocycles. The number of hydrogen-bond donors (Lipinski definition) is 1. The van der Waals surface area contributed by atoms with Crippen LogP contribution in [-0.2, 0) is 0 Å². The SMILES string of the molecule is COc1cccc(C(=O)NC2CCN(C(=O)c3cn(-c4ccc(F)c(C)c4)nn3)CC2)c1. The molecule has 9 heteroatoms. The molecule has 2 amide bonds. The molecular weight excluding hydrogens is 413 g/mol. The Labute approximate surface area is 185 Å². The third-order valence-corrected chi connectivity index (χ3v) is 5.57. The van der Waals surface area contributed by atoms with Gasteiger partial charge in [0.05, 0.1) is 19.0 Å². The van der Waals surface area contributed by atoms with Crippen LogP contribution in [0.4, 0.5) is 4.39 Å². The molecule has 166 valence electrons. The molecule has 1 aromatic heterocycles. The van der Waals surface area contributed by atoms with Gasteiger partial charge in [-0.1, -0.05) is 11.3 Å². The summed E-state index contributed by atoms with van der Waals surface area (Å²) in [6.45, 7) is 2.67. The number of amides is 2. The van der Waals surface area contributed by atoms with Crippen molar-refractivity contribution in [3.63, 3.8) is 0 Å². The molecule has 1 saturated heterocycles. The highest BCUT2D eigenvalue weighted by molar-refractivity contribution is 5.95. The van der Waals surface area contributed by atoms with Gasteiger partial charge in [-0.2, -0.15) is 0 Å². The lowest BCUT2D eigenvalue weighted by atomic mass is 10.0. The van der Waals surface area contributed by atoms with Crippen LogP contribution in [0.15, 0.2) is 48.7 Å². The van der Waals surface area contributed by atoms with Crippen LogP contribution in [0.3, 0.4) is 0 Å². The smallest absolute Gasteiger partial charge is 0.276 e. The standard InChI is InChI=1S/C23H24FN5O3/c1-15-12-18(6-7-20(15)24)29-14-21(26-27-29)23(31)28-10-8-17(9-11-28)25-22(30)16-4-3-5-19(13-16)32-2/h3-7,12-14,17H,8-11H2,1-2H3,(H,25,30). The molecule has 0 saturated carbocycles. The highest BCUT2D eigenvalue weighted by atomic mass is 19.1. The predicted molar refractivity (Wildman–Crippen MR) is 115 cm³/mol. The van der Waals surface area contributed by atoms with Crippen LogP contribution in [0.5, 0.6) is 5.75 Å². The summed E-state index contributed by atoms with van der Waals surface area (Å²) < 4.78 is 20.1. The van der Waals surface area contributed by atoms with E-state index in [1.165, 1.54) is 10.7 Å². The number of hydrogen-bond acceptors (Lipinski definition) is 5. The Balaban J connectivity index is 1.34. The van der Waals surface area contributed by atoms with E-state index in [0.29, 0.717) is 48.5 Å². The normalized spacial score (nSPS) is 14.3. The van der Waals surface area contributed by atoms with Gasteiger partial charge in [0.25, 0.3) is 11.8 Å². The fraction of sp³-hybridized carbons (Fsp3) is 0.304. The van der Waals surface area contributed by atoms with Gasteiger partial charge in [-0.05, 0) is 61.7 Å². The summed E-state index contributed by atoms with van der Waals surface area (Å²) in [5.41, 5.74) is 1.89. The predicted octanol–water partition coefficient (Wildman–Crippen LogP) is 2.76. The maximum absolute atomic E-state index is 13.5. The molecule has 1 fully saturated rings. The van der Waals surface area contributed by atoms with Gasteiger partial charge in [0.15, 0.2) is 5.69 Å². The summed E-state index contributed by atoms with van der Waals surface area (Å²) in [7, 11) is 1.56. The van der Waals surface area contributed by atoms with E-state index in [4.69, 9.17) is 4.74 Å². The monoisotopic (exact) mass is 437 g/mol. The number of halogens is 1. The van der Waals surface area contributed by atoms with Gasteiger partial charge < -0.3 is 15.0 Å². The van der Waals surface area contributed by atoms with Crippen LogP contribution in [0.2, 0.25) is 0 Å². The zero-order valence-corrected chi connectivity index (χ0v) is 17.9. The molecule has 2 aromatic carbocycles. The van der Waals surface area contributed by atoms with Crippen molar-refractivity contribution in [1.29, 1.82) is 0 Å². The summed E-state index contributed by atoms with van der Waals surface area (Å²) in [4.78, 5) is 27.1. The zero-order chi connectivity index (χ0) is 22.7. The number of rotatable bonds is 5. The van der Waals surface area contributed by atoms with E-state index in [-0.39, 0.29) is 29.4 Å². The number of piperidine rings is 1. The van der Waals surface area contributed by atoms with Crippen molar-refractivity contribution in [1.82, 2.24) is 25.2 Å². The molecule has 3 aromatic rings. The van der Waals surface area contributed by atoms with Crippen LogP contribution < -0.4 is 10.1 Å². The van der Waals surface area contributed by atoms with E-state index in [2.05, 4.69) is 15.6 Å². The minimum Gasteiger partial charge on any atom is -0.497 e. The van der Waals surface area contributed by atoms with E-state index in [9.17, 15) is 14.0 Å². The summed E-state index contributed by atoms with van der Waals surface area (Å²) in [5, 5.41) is 11.0. The van der Waals surface area contributed by atoms with Crippen molar-refractivity contribution in [2.45, 2.75) is 25.8 Å². The Bertz CT molecular complexity index is 1140. The molecule has 0 aliphatic carbocycles. The fourth-order valence-electron chi connectivity index (χ4n) is 3.68. The molecule has 0 radical (unpaired) electrons. The van der Waals surface area contributed by atoms with Gasteiger partial charge in [0, 0.05) is 24.7 Å². The lowest BCUT2D eigenvalue weighted by Crippen LogP contribution is -2.46. The average molecular weight is 437 g/mol. The van der Waals surface area contributed by atoms with E-state index in [0.717, 1.165) is 0 Å². The van der Waals surface area contributed by atoms with E-state index >= 15 is 0 Å². The first-order valence-electron chi connectivity index (χ1n) is 10.4. The van der Waals surface area contributed by atoms with Crippen molar-refractivity contribution in [3.8, 4) is 11.4 Å².